The topological polar surface area (TPSA) is 80.5 Å². The molecule has 3 heterocycles. The predicted octanol–water partition coefficient (Wildman–Crippen LogP) is 3.82. The molecule has 0 spiro atoms. The van der Waals surface area contributed by atoms with Crippen LogP contribution in [0.5, 0.6) is 5.75 Å². The number of likely N-dealkylation sites (tertiary alicyclic amines) is 1. The molecule has 1 saturated heterocycles. The van der Waals surface area contributed by atoms with Crippen LogP contribution in [0.1, 0.15) is 48.3 Å². The van der Waals surface area contributed by atoms with Gasteiger partial charge in [-0.15, -0.1) is 0 Å². The van der Waals surface area contributed by atoms with E-state index < -0.39 is 5.97 Å². The highest BCUT2D eigenvalue weighted by Gasteiger charge is 2.36. The summed E-state index contributed by atoms with van der Waals surface area (Å²) < 4.78 is 8.02. The van der Waals surface area contributed by atoms with Gasteiger partial charge in [0.2, 0.25) is 0 Å². The van der Waals surface area contributed by atoms with Gasteiger partial charge >= 0.3 is 5.97 Å². The number of carbonyl (C=O) groups is 1. The van der Waals surface area contributed by atoms with E-state index in [4.69, 9.17) is 4.74 Å². The minimum atomic E-state index is -1.07. The van der Waals surface area contributed by atoms with Crippen LogP contribution in [-0.4, -0.2) is 56.0 Å². The summed E-state index contributed by atoms with van der Waals surface area (Å²) in [5.41, 5.74) is 2.10. The number of benzene rings is 1. The van der Waals surface area contributed by atoms with Crippen molar-refractivity contribution in [1.82, 2.24) is 19.7 Å². The summed E-state index contributed by atoms with van der Waals surface area (Å²) in [6, 6.07) is 11.8. The van der Waals surface area contributed by atoms with E-state index in [1.54, 1.807) is 10.7 Å². The van der Waals surface area contributed by atoms with Gasteiger partial charge < -0.3 is 14.7 Å². The van der Waals surface area contributed by atoms with Crippen molar-refractivity contribution in [2.45, 2.75) is 51.2 Å². The van der Waals surface area contributed by atoms with E-state index in [9.17, 15) is 9.90 Å². The lowest BCUT2D eigenvalue weighted by atomic mass is 9.86. The summed E-state index contributed by atoms with van der Waals surface area (Å²) in [5, 5.41) is 15.0. The van der Waals surface area contributed by atoms with Gasteiger partial charge in [-0.3, -0.25) is 0 Å². The van der Waals surface area contributed by atoms with Crippen LogP contribution in [0.15, 0.2) is 36.4 Å². The van der Waals surface area contributed by atoms with Gasteiger partial charge in [-0.05, 0) is 45.0 Å². The molecule has 7 nitrogen and oxygen atoms in total. The van der Waals surface area contributed by atoms with Gasteiger partial charge in [0, 0.05) is 24.9 Å². The molecular weight excluding hydrogens is 380 g/mol. The van der Waals surface area contributed by atoms with Crippen molar-refractivity contribution >= 4 is 17.0 Å². The molecule has 7 heteroatoms. The fourth-order valence-corrected chi connectivity index (χ4v) is 4.60. The van der Waals surface area contributed by atoms with Gasteiger partial charge in [0.05, 0.1) is 16.8 Å². The Morgan fingerprint density at radius 3 is 2.57 bits per heavy atom. The van der Waals surface area contributed by atoms with E-state index in [-0.39, 0.29) is 11.8 Å². The third kappa shape index (κ3) is 3.43. The monoisotopic (exact) mass is 406 g/mol. The zero-order valence-corrected chi connectivity index (χ0v) is 17.1. The summed E-state index contributed by atoms with van der Waals surface area (Å²) >= 11 is 0. The number of carboxylic acids is 1. The number of hydrogen-bond donors (Lipinski definition) is 1. The summed E-state index contributed by atoms with van der Waals surface area (Å²) in [4.78, 5) is 18.7. The first-order chi connectivity index (χ1) is 14.6. The molecule has 0 bridgehead atoms. The van der Waals surface area contributed by atoms with Crippen LogP contribution in [0.25, 0.3) is 16.7 Å². The third-order valence-electron chi connectivity index (χ3n) is 6.27. The van der Waals surface area contributed by atoms with Gasteiger partial charge in [-0.25, -0.2) is 14.5 Å². The molecule has 1 aliphatic carbocycles. The molecule has 1 saturated carbocycles. The first-order valence-corrected chi connectivity index (χ1v) is 10.7. The number of ether oxygens (including phenoxy) is 1. The van der Waals surface area contributed by atoms with Crippen molar-refractivity contribution < 1.29 is 14.6 Å². The SMILES string of the molecule is Cc1nn(-c2ccccc2)c2nc(C(=O)O)cc(O[C@H]3C[C@H](N4CCCCC4)C3)c12. The number of para-hydroxylation sites is 1. The Bertz CT molecular complexity index is 1070. The zero-order chi connectivity index (χ0) is 20.7. The highest BCUT2D eigenvalue weighted by atomic mass is 16.5. The lowest BCUT2D eigenvalue weighted by Crippen LogP contribution is -2.50. The number of rotatable bonds is 5. The van der Waals surface area contributed by atoms with Crippen LogP contribution < -0.4 is 4.74 Å². The zero-order valence-electron chi connectivity index (χ0n) is 17.1. The molecule has 0 atom stereocenters. The number of fused-ring (bicyclic) bond motifs is 1. The van der Waals surface area contributed by atoms with E-state index in [2.05, 4.69) is 15.0 Å². The van der Waals surface area contributed by atoms with E-state index in [1.165, 1.54) is 32.4 Å². The van der Waals surface area contributed by atoms with Gasteiger partial charge in [-0.2, -0.15) is 5.10 Å². The summed E-state index contributed by atoms with van der Waals surface area (Å²) in [7, 11) is 0. The van der Waals surface area contributed by atoms with Gasteiger partial charge in [0.1, 0.15) is 11.9 Å². The number of pyridine rings is 1. The van der Waals surface area contributed by atoms with Crippen LogP contribution in [0, 0.1) is 6.92 Å². The van der Waals surface area contributed by atoms with E-state index in [0.717, 1.165) is 29.6 Å². The number of piperidine rings is 1. The fraction of sp³-hybridized carbons (Fsp3) is 0.435. The Kier molecular flexibility index (Phi) is 4.90. The van der Waals surface area contributed by atoms with Crippen LogP contribution >= 0.6 is 0 Å². The van der Waals surface area contributed by atoms with Gasteiger partial charge in [-0.1, -0.05) is 24.6 Å². The van der Waals surface area contributed by atoms with Crippen molar-refractivity contribution in [3.05, 3.63) is 47.8 Å². The Hall–Kier alpha value is -2.93. The molecule has 0 amide bonds. The summed E-state index contributed by atoms with van der Waals surface area (Å²) in [6.07, 6.45) is 5.97. The van der Waals surface area contributed by atoms with Crippen molar-refractivity contribution in [2.24, 2.45) is 0 Å². The van der Waals surface area contributed by atoms with Gasteiger partial charge in [0.25, 0.3) is 0 Å². The molecule has 1 N–H and O–H groups in total. The number of aryl methyl sites for hydroxylation is 1. The molecule has 30 heavy (non-hydrogen) atoms. The molecule has 0 radical (unpaired) electrons. The summed E-state index contributed by atoms with van der Waals surface area (Å²) in [5.74, 6) is -0.501. The van der Waals surface area contributed by atoms with Crippen LogP contribution in [0.2, 0.25) is 0 Å². The smallest absolute Gasteiger partial charge is 0.354 e. The molecule has 2 fully saturated rings. The molecule has 1 aliphatic heterocycles. The molecule has 3 aromatic rings. The molecule has 5 rings (SSSR count). The second-order valence-electron chi connectivity index (χ2n) is 8.30. The Labute approximate surface area is 175 Å². The maximum absolute atomic E-state index is 11.7. The minimum Gasteiger partial charge on any atom is -0.489 e. The lowest BCUT2D eigenvalue weighted by Gasteiger charge is -2.44. The van der Waals surface area contributed by atoms with E-state index in [0.29, 0.717) is 17.4 Å². The molecule has 2 aliphatic rings. The first kappa shape index (κ1) is 19.1. The second kappa shape index (κ2) is 7.72. The van der Waals surface area contributed by atoms with E-state index in [1.807, 2.05) is 37.3 Å². The minimum absolute atomic E-state index is 0.0264. The number of hydrogen-bond acceptors (Lipinski definition) is 5. The van der Waals surface area contributed by atoms with E-state index >= 15 is 0 Å². The third-order valence-corrected chi connectivity index (χ3v) is 6.27. The van der Waals surface area contributed by atoms with Crippen molar-refractivity contribution in [2.75, 3.05) is 13.1 Å². The quantitative estimate of drug-likeness (QED) is 0.694. The Morgan fingerprint density at radius 1 is 1.13 bits per heavy atom. The standard InChI is InChI=1S/C23H26N4O3/c1-15-21-20(30-18-12-17(13-18)26-10-6-3-7-11-26)14-19(23(28)29)24-22(21)27(25-15)16-8-4-2-5-9-16/h2,4-5,8-9,14,17-18H,3,6-7,10-13H2,1H3,(H,28,29)/t17-,18-. The highest BCUT2D eigenvalue weighted by molar-refractivity contribution is 5.93. The molecule has 2 aromatic heterocycles. The number of aromatic carboxylic acids is 1. The fourth-order valence-electron chi connectivity index (χ4n) is 4.60. The maximum Gasteiger partial charge on any atom is 0.354 e. The van der Waals surface area contributed by atoms with Gasteiger partial charge in [0.15, 0.2) is 11.3 Å². The second-order valence-corrected chi connectivity index (χ2v) is 8.30. The number of nitrogens with zero attached hydrogens (tertiary/aromatic N) is 4. The Morgan fingerprint density at radius 2 is 1.87 bits per heavy atom. The normalized spacial score (nSPS) is 22.0. The molecular formula is C23H26N4O3. The number of carboxylic acid groups (broad SMARTS) is 1. The summed E-state index contributed by atoms with van der Waals surface area (Å²) in [6.45, 7) is 4.28. The van der Waals surface area contributed by atoms with Crippen molar-refractivity contribution in [3.8, 4) is 11.4 Å². The predicted molar refractivity (Wildman–Crippen MR) is 113 cm³/mol. The molecule has 1 aromatic carbocycles. The van der Waals surface area contributed by atoms with Crippen LogP contribution in [0.4, 0.5) is 0 Å². The maximum atomic E-state index is 11.7. The molecule has 0 unspecified atom stereocenters. The lowest BCUT2D eigenvalue weighted by molar-refractivity contribution is 0.00953. The van der Waals surface area contributed by atoms with Crippen molar-refractivity contribution in [1.29, 1.82) is 0 Å². The van der Waals surface area contributed by atoms with Crippen molar-refractivity contribution in [3.63, 3.8) is 0 Å². The average Bonchev–Trinajstić information content (AvgIpc) is 3.08. The molecule has 156 valence electrons. The van der Waals surface area contributed by atoms with Crippen LogP contribution in [0.3, 0.4) is 0 Å². The Balaban J connectivity index is 1.46. The average molecular weight is 406 g/mol. The van der Waals surface area contributed by atoms with Crippen LogP contribution in [-0.2, 0) is 0 Å². The number of aromatic nitrogens is 3. The first-order valence-electron chi connectivity index (χ1n) is 10.7. The largest absolute Gasteiger partial charge is 0.489 e. The highest BCUT2D eigenvalue weighted by Crippen LogP contribution is 2.36.